The minimum Gasteiger partial charge on any atom is -0.497 e. The fourth-order valence-corrected chi connectivity index (χ4v) is 2.07. The summed E-state index contributed by atoms with van der Waals surface area (Å²) < 4.78 is 10.2. The first-order chi connectivity index (χ1) is 10.6. The van der Waals surface area contributed by atoms with Gasteiger partial charge in [0.05, 0.1) is 26.5 Å². The van der Waals surface area contributed by atoms with Crippen molar-refractivity contribution in [3.8, 4) is 11.5 Å². The minimum absolute atomic E-state index is 0.0112. The maximum absolute atomic E-state index is 12.1. The normalized spacial score (nSPS) is 10.3. The van der Waals surface area contributed by atoms with Crippen LogP contribution < -0.4 is 20.5 Å². The van der Waals surface area contributed by atoms with Gasteiger partial charge in [0.25, 0.3) is 0 Å². The highest BCUT2D eigenvalue weighted by molar-refractivity contribution is 5.98. The monoisotopic (exact) mass is 300 g/mol. The summed E-state index contributed by atoms with van der Waals surface area (Å²) in [6, 6.07) is 12.8. The third-order valence-corrected chi connectivity index (χ3v) is 3.33. The Balaban J connectivity index is 1.88. The fraction of sp³-hybridized carbons (Fsp3) is 0.235. The summed E-state index contributed by atoms with van der Waals surface area (Å²) in [6.45, 7) is 0.860. The van der Waals surface area contributed by atoms with Crippen LogP contribution in [0.15, 0.2) is 42.5 Å². The number of carbonyl (C=O) groups is 1. The van der Waals surface area contributed by atoms with Gasteiger partial charge < -0.3 is 20.5 Å². The van der Waals surface area contributed by atoms with Crippen LogP contribution in [0.5, 0.6) is 11.5 Å². The van der Waals surface area contributed by atoms with E-state index < -0.39 is 0 Å². The van der Waals surface area contributed by atoms with Crippen LogP contribution in [-0.2, 0) is 6.54 Å². The van der Waals surface area contributed by atoms with E-state index in [4.69, 9.17) is 15.2 Å². The van der Waals surface area contributed by atoms with Crippen LogP contribution in [0.2, 0.25) is 0 Å². The molecule has 0 heterocycles. The van der Waals surface area contributed by atoms with Gasteiger partial charge in [-0.25, -0.2) is 0 Å². The second-order valence-corrected chi connectivity index (χ2v) is 4.83. The zero-order valence-electron chi connectivity index (χ0n) is 12.8. The molecule has 0 radical (unpaired) electrons. The molecule has 3 N–H and O–H groups in total. The van der Waals surface area contributed by atoms with Crippen molar-refractivity contribution in [2.45, 2.75) is 6.54 Å². The number of ketones is 1. The molecule has 0 saturated carbocycles. The Kier molecular flexibility index (Phi) is 5.38. The SMILES string of the molecule is COc1ccc(CNCC(=O)c2ccc(OC)c(N)c2)cc1. The van der Waals surface area contributed by atoms with Crippen LogP contribution in [0.3, 0.4) is 0 Å². The molecule has 0 spiro atoms. The van der Waals surface area contributed by atoms with Crippen LogP contribution in [0.4, 0.5) is 5.69 Å². The van der Waals surface area contributed by atoms with Crippen molar-refractivity contribution in [3.63, 3.8) is 0 Å². The van der Waals surface area contributed by atoms with Gasteiger partial charge in [-0.15, -0.1) is 0 Å². The molecule has 5 heteroatoms. The van der Waals surface area contributed by atoms with E-state index in [2.05, 4.69) is 5.32 Å². The van der Waals surface area contributed by atoms with E-state index in [0.717, 1.165) is 11.3 Å². The Labute approximate surface area is 130 Å². The maximum Gasteiger partial charge on any atom is 0.176 e. The van der Waals surface area contributed by atoms with Crippen molar-refractivity contribution in [3.05, 3.63) is 53.6 Å². The molecule has 22 heavy (non-hydrogen) atoms. The van der Waals surface area contributed by atoms with E-state index in [-0.39, 0.29) is 12.3 Å². The predicted molar refractivity (Wildman–Crippen MR) is 86.4 cm³/mol. The van der Waals surface area contributed by atoms with Crippen molar-refractivity contribution in [2.24, 2.45) is 0 Å². The first-order valence-electron chi connectivity index (χ1n) is 6.94. The number of Topliss-reactive ketones (excluding diaryl/α,β-unsaturated/α-hetero) is 1. The molecular weight excluding hydrogens is 280 g/mol. The summed E-state index contributed by atoms with van der Waals surface area (Å²) in [5.74, 6) is 1.37. The quantitative estimate of drug-likeness (QED) is 0.606. The second-order valence-electron chi connectivity index (χ2n) is 4.83. The fourth-order valence-electron chi connectivity index (χ4n) is 2.07. The van der Waals surface area contributed by atoms with Crippen molar-refractivity contribution in [2.75, 3.05) is 26.5 Å². The lowest BCUT2D eigenvalue weighted by molar-refractivity contribution is 0.0991. The standard InChI is InChI=1S/C17H20N2O3/c1-21-14-6-3-12(4-7-14)10-19-11-16(20)13-5-8-17(22-2)15(18)9-13/h3-9,19H,10-11,18H2,1-2H3. The molecule has 0 bridgehead atoms. The van der Waals surface area contributed by atoms with Gasteiger partial charge in [0, 0.05) is 12.1 Å². The summed E-state index contributed by atoms with van der Waals surface area (Å²) >= 11 is 0. The van der Waals surface area contributed by atoms with Gasteiger partial charge in [-0.05, 0) is 35.9 Å². The summed E-state index contributed by atoms with van der Waals surface area (Å²) in [6.07, 6.45) is 0. The number of carbonyl (C=O) groups excluding carboxylic acids is 1. The Hall–Kier alpha value is -2.53. The number of benzene rings is 2. The van der Waals surface area contributed by atoms with E-state index in [0.29, 0.717) is 23.5 Å². The van der Waals surface area contributed by atoms with Crippen molar-refractivity contribution < 1.29 is 14.3 Å². The molecular formula is C17H20N2O3. The molecule has 2 aromatic rings. The first-order valence-corrected chi connectivity index (χ1v) is 6.94. The van der Waals surface area contributed by atoms with Gasteiger partial charge in [-0.2, -0.15) is 0 Å². The Morgan fingerprint density at radius 2 is 1.82 bits per heavy atom. The van der Waals surface area contributed by atoms with Crippen LogP contribution in [-0.4, -0.2) is 26.5 Å². The number of methoxy groups -OCH3 is 2. The number of nitrogen functional groups attached to an aromatic ring is 1. The average Bonchev–Trinajstić information content (AvgIpc) is 2.55. The lowest BCUT2D eigenvalue weighted by Crippen LogP contribution is -2.22. The molecule has 5 nitrogen and oxygen atoms in total. The van der Waals surface area contributed by atoms with Crippen molar-refractivity contribution in [1.29, 1.82) is 0 Å². The summed E-state index contributed by atoms with van der Waals surface area (Å²) in [5.41, 5.74) is 7.92. The number of anilines is 1. The Bertz CT molecular complexity index is 639. The molecule has 0 aliphatic carbocycles. The summed E-state index contributed by atoms with van der Waals surface area (Å²) in [5, 5.41) is 3.12. The molecule has 116 valence electrons. The van der Waals surface area contributed by atoms with Gasteiger partial charge in [0.2, 0.25) is 0 Å². The van der Waals surface area contributed by atoms with Gasteiger partial charge in [0.1, 0.15) is 11.5 Å². The topological polar surface area (TPSA) is 73.6 Å². The van der Waals surface area contributed by atoms with Crippen LogP contribution in [0, 0.1) is 0 Å². The molecule has 2 rings (SSSR count). The average molecular weight is 300 g/mol. The highest BCUT2D eigenvalue weighted by Crippen LogP contribution is 2.22. The highest BCUT2D eigenvalue weighted by atomic mass is 16.5. The zero-order chi connectivity index (χ0) is 15.9. The smallest absolute Gasteiger partial charge is 0.176 e. The first kappa shape index (κ1) is 15.9. The number of rotatable bonds is 7. The minimum atomic E-state index is -0.0112. The molecule has 0 unspecified atom stereocenters. The molecule has 0 amide bonds. The lowest BCUT2D eigenvalue weighted by atomic mass is 10.1. The third kappa shape index (κ3) is 3.99. The largest absolute Gasteiger partial charge is 0.497 e. The molecule has 0 fully saturated rings. The van der Waals surface area contributed by atoms with E-state index in [9.17, 15) is 4.79 Å². The summed E-state index contributed by atoms with van der Waals surface area (Å²) in [7, 11) is 3.18. The van der Waals surface area contributed by atoms with Crippen molar-refractivity contribution >= 4 is 11.5 Å². The number of ether oxygens (including phenoxy) is 2. The number of nitrogens with one attached hydrogen (secondary N) is 1. The second kappa shape index (κ2) is 7.47. The van der Waals surface area contributed by atoms with E-state index in [1.807, 2.05) is 24.3 Å². The number of nitrogens with two attached hydrogens (primary N) is 1. The van der Waals surface area contributed by atoms with E-state index in [1.165, 1.54) is 0 Å². The van der Waals surface area contributed by atoms with E-state index >= 15 is 0 Å². The number of hydrogen-bond acceptors (Lipinski definition) is 5. The van der Waals surface area contributed by atoms with Crippen molar-refractivity contribution in [1.82, 2.24) is 5.32 Å². The molecule has 0 aliphatic rings. The molecule has 0 atom stereocenters. The third-order valence-electron chi connectivity index (χ3n) is 3.33. The number of hydrogen-bond donors (Lipinski definition) is 2. The maximum atomic E-state index is 12.1. The Morgan fingerprint density at radius 1 is 1.09 bits per heavy atom. The molecule has 0 saturated heterocycles. The van der Waals surface area contributed by atoms with Crippen LogP contribution in [0.25, 0.3) is 0 Å². The van der Waals surface area contributed by atoms with Gasteiger partial charge in [-0.1, -0.05) is 12.1 Å². The molecule has 2 aromatic carbocycles. The van der Waals surface area contributed by atoms with Gasteiger partial charge in [0.15, 0.2) is 5.78 Å². The van der Waals surface area contributed by atoms with Gasteiger partial charge in [-0.3, -0.25) is 4.79 Å². The highest BCUT2D eigenvalue weighted by Gasteiger charge is 2.08. The Morgan fingerprint density at radius 3 is 2.41 bits per heavy atom. The lowest BCUT2D eigenvalue weighted by Gasteiger charge is -2.08. The summed E-state index contributed by atoms with van der Waals surface area (Å²) in [4.78, 5) is 12.1. The zero-order valence-corrected chi connectivity index (χ0v) is 12.8. The van der Waals surface area contributed by atoms with E-state index in [1.54, 1.807) is 32.4 Å². The van der Waals surface area contributed by atoms with Gasteiger partial charge >= 0.3 is 0 Å². The molecule has 0 aliphatic heterocycles. The van der Waals surface area contributed by atoms with Crippen LogP contribution >= 0.6 is 0 Å². The molecule has 0 aromatic heterocycles. The predicted octanol–water partition coefficient (Wildman–Crippen LogP) is 2.26. The van der Waals surface area contributed by atoms with Crippen LogP contribution in [0.1, 0.15) is 15.9 Å².